The summed E-state index contributed by atoms with van der Waals surface area (Å²) in [5.74, 6) is 0.0940. The van der Waals surface area contributed by atoms with Crippen LogP contribution in [-0.4, -0.2) is 10.5 Å². The van der Waals surface area contributed by atoms with Crippen LogP contribution in [0.4, 0.5) is 0 Å². The first kappa shape index (κ1) is 14.5. The van der Waals surface area contributed by atoms with Gasteiger partial charge in [-0.1, -0.05) is 12.1 Å². The van der Waals surface area contributed by atoms with E-state index >= 15 is 0 Å². The SMILES string of the molecule is CC(=O)n1c2c(c3ccccc31)OC(N)=C(C#N)[C@H]2c1ccsc1. The topological polar surface area (TPSA) is 81.0 Å². The lowest BCUT2D eigenvalue weighted by Gasteiger charge is -2.24. The smallest absolute Gasteiger partial charge is 0.228 e. The average Bonchev–Trinajstić information content (AvgIpc) is 3.19. The summed E-state index contributed by atoms with van der Waals surface area (Å²) >= 11 is 1.53. The van der Waals surface area contributed by atoms with Gasteiger partial charge in [-0.25, -0.2) is 0 Å². The maximum atomic E-state index is 12.4. The van der Waals surface area contributed by atoms with Gasteiger partial charge < -0.3 is 10.5 Å². The molecule has 0 saturated carbocycles. The molecule has 1 aliphatic rings. The molecule has 0 saturated heterocycles. The van der Waals surface area contributed by atoms with Crippen LogP contribution in [0.25, 0.3) is 10.9 Å². The fraction of sp³-hybridized carbons (Fsp3) is 0.111. The number of carbonyl (C=O) groups excluding carboxylic acids is 1. The summed E-state index contributed by atoms with van der Waals surface area (Å²) in [5.41, 5.74) is 8.68. The number of thiophene rings is 1. The monoisotopic (exact) mass is 335 g/mol. The Morgan fingerprint density at radius 3 is 2.83 bits per heavy atom. The molecule has 1 aliphatic heterocycles. The van der Waals surface area contributed by atoms with Crippen LogP contribution >= 0.6 is 11.3 Å². The predicted molar refractivity (Wildman–Crippen MR) is 91.9 cm³/mol. The van der Waals surface area contributed by atoms with Crippen LogP contribution in [0.5, 0.6) is 5.75 Å². The standard InChI is InChI=1S/C18H13N3O2S/c1-10(22)21-14-5-3-2-4-12(14)17-16(21)15(11-6-7-24-9-11)13(8-19)18(20)23-17/h2-7,9,15H,20H2,1H3/t15-/m1/s1. The van der Waals surface area contributed by atoms with Crippen LogP contribution in [0, 0.1) is 11.3 Å². The summed E-state index contributed by atoms with van der Waals surface area (Å²) in [6.45, 7) is 1.51. The molecule has 0 radical (unpaired) electrons. The number of nitrogens with two attached hydrogens (primary N) is 1. The van der Waals surface area contributed by atoms with Crippen LogP contribution in [0.2, 0.25) is 0 Å². The number of nitriles is 1. The van der Waals surface area contributed by atoms with E-state index in [9.17, 15) is 10.1 Å². The maximum Gasteiger partial charge on any atom is 0.228 e. The second-order valence-electron chi connectivity index (χ2n) is 5.57. The fourth-order valence-electron chi connectivity index (χ4n) is 3.26. The minimum absolute atomic E-state index is 0.0904. The Morgan fingerprint density at radius 1 is 1.38 bits per heavy atom. The highest BCUT2D eigenvalue weighted by Gasteiger charge is 2.36. The predicted octanol–water partition coefficient (Wildman–Crippen LogP) is 3.58. The van der Waals surface area contributed by atoms with Crippen molar-refractivity contribution >= 4 is 28.1 Å². The summed E-state index contributed by atoms with van der Waals surface area (Å²) < 4.78 is 7.39. The molecule has 0 amide bonds. The molecular weight excluding hydrogens is 322 g/mol. The van der Waals surface area contributed by atoms with Crippen LogP contribution in [0.1, 0.15) is 28.9 Å². The van der Waals surface area contributed by atoms with Gasteiger partial charge in [0.2, 0.25) is 11.8 Å². The van der Waals surface area contributed by atoms with Crippen LogP contribution < -0.4 is 10.5 Å². The number of ether oxygens (including phenoxy) is 1. The van der Waals surface area contributed by atoms with E-state index < -0.39 is 5.92 Å². The quantitative estimate of drug-likeness (QED) is 0.737. The number of hydrogen-bond acceptors (Lipinski definition) is 5. The molecule has 0 unspecified atom stereocenters. The van der Waals surface area contributed by atoms with Crippen molar-refractivity contribution in [3.63, 3.8) is 0 Å². The summed E-state index contributed by atoms with van der Waals surface area (Å²) in [6, 6.07) is 11.6. The van der Waals surface area contributed by atoms with Crippen molar-refractivity contribution in [1.82, 2.24) is 4.57 Å². The Bertz CT molecular complexity index is 1040. The third-order valence-electron chi connectivity index (χ3n) is 4.21. The van der Waals surface area contributed by atoms with E-state index in [-0.39, 0.29) is 11.8 Å². The van der Waals surface area contributed by atoms with Crippen molar-refractivity contribution in [2.75, 3.05) is 0 Å². The van der Waals surface area contributed by atoms with Crippen molar-refractivity contribution in [1.29, 1.82) is 5.26 Å². The Hall–Kier alpha value is -3.04. The number of rotatable bonds is 1. The lowest BCUT2D eigenvalue weighted by molar-refractivity contribution is 0.0937. The zero-order valence-electron chi connectivity index (χ0n) is 12.8. The van der Waals surface area contributed by atoms with E-state index in [0.29, 0.717) is 17.0 Å². The molecule has 0 spiro atoms. The highest BCUT2D eigenvalue weighted by molar-refractivity contribution is 7.08. The summed E-state index contributed by atoms with van der Waals surface area (Å²) in [4.78, 5) is 12.4. The summed E-state index contributed by atoms with van der Waals surface area (Å²) in [5, 5.41) is 14.3. The molecule has 0 fully saturated rings. The van der Waals surface area contributed by atoms with Crippen molar-refractivity contribution in [3.05, 3.63) is 63.8 Å². The Balaban J connectivity index is 2.14. The van der Waals surface area contributed by atoms with E-state index in [1.54, 1.807) is 4.57 Å². The Kier molecular flexibility index (Phi) is 3.18. The van der Waals surface area contributed by atoms with Gasteiger partial charge in [-0.3, -0.25) is 9.36 Å². The van der Waals surface area contributed by atoms with E-state index in [1.165, 1.54) is 18.3 Å². The highest BCUT2D eigenvalue weighted by Crippen LogP contribution is 2.47. The molecule has 6 heteroatoms. The molecule has 2 aromatic heterocycles. The minimum atomic E-state index is -0.415. The maximum absolute atomic E-state index is 12.4. The minimum Gasteiger partial charge on any atom is -0.438 e. The summed E-state index contributed by atoms with van der Waals surface area (Å²) in [6.07, 6.45) is 0. The number of para-hydroxylation sites is 1. The fourth-order valence-corrected chi connectivity index (χ4v) is 3.95. The number of benzene rings is 1. The van der Waals surface area contributed by atoms with Gasteiger partial charge in [-0.15, -0.1) is 0 Å². The average molecular weight is 335 g/mol. The normalized spacial score (nSPS) is 16.6. The molecule has 1 aromatic carbocycles. The zero-order valence-corrected chi connectivity index (χ0v) is 13.6. The number of fused-ring (bicyclic) bond motifs is 3. The van der Waals surface area contributed by atoms with Crippen LogP contribution in [0.3, 0.4) is 0 Å². The second kappa shape index (κ2) is 5.25. The lowest BCUT2D eigenvalue weighted by Crippen LogP contribution is -2.23. The molecule has 2 N–H and O–H groups in total. The van der Waals surface area contributed by atoms with Crippen molar-refractivity contribution in [2.45, 2.75) is 12.8 Å². The van der Waals surface area contributed by atoms with Gasteiger partial charge in [0.15, 0.2) is 5.75 Å². The third kappa shape index (κ3) is 1.88. The van der Waals surface area contributed by atoms with Gasteiger partial charge in [-0.2, -0.15) is 16.6 Å². The Morgan fingerprint density at radius 2 is 2.17 bits per heavy atom. The molecule has 0 aliphatic carbocycles. The van der Waals surface area contributed by atoms with Crippen molar-refractivity contribution < 1.29 is 9.53 Å². The molecule has 24 heavy (non-hydrogen) atoms. The first-order valence-corrected chi connectivity index (χ1v) is 8.31. The van der Waals surface area contributed by atoms with E-state index in [4.69, 9.17) is 10.5 Å². The van der Waals surface area contributed by atoms with Crippen LogP contribution in [0.15, 0.2) is 52.5 Å². The number of allylic oxidation sites excluding steroid dienone is 1. The number of hydrogen-bond donors (Lipinski definition) is 1. The number of aromatic nitrogens is 1. The molecule has 0 bridgehead atoms. The molecule has 5 nitrogen and oxygen atoms in total. The molecule has 3 aromatic rings. The molecule has 1 atom stereocenters. The summed E-state index contributed by atoms with van der Waals surface area (Å²) in [7, 11) is 0. The highest BCUT2D eigenvalue weighted by atomic mass is 32.1. The van der Waals surface area contributed by atoms with Crippen molar-refractivity contribution in [3.8, 4) is 11.8 Å². The van der Waals surface area contributed by atoms with E-state index in [0.717, 1.165) is 16.5 Å². The van der Waals surface area contributed by atoms with E-state index in [1.807, 2.05) is 41.1 Å². The van der Waals surface area contributed by atoms with Crippen LogP contribution in [-0.2, 0) is 0 Å². The largest absolute Gasteiger partial charge is 0.438 e. The lowest BCUT2D eigenvalue weighted by atomic mass is 9.88. The molecule has 3 heterocycles. The van der Waals surface area contributed by atoms with Gasteiger partial charge in [0.05, 0.1) is 17.1 Å². The second-order valence-corrected chi connectivity index (χ2v) is 6.35. The van der Waals surface area contributed by atoms with Crippen molar-refractivity contribution in [2.24, 2.45) is 5.73 Å². The van der Waals surface area contributed by atoms with Gasteiger partial charge >= 0.3 is 0 Å². The van der Waals surface area contributed by atoms with Gasteiger partial charge in [0, 0.05) is 12.3 Å². The molecule has 118 valence electrons. The first-order chi connectivity index (χ1) is 11.6. The van der Waals surface area contributed by atoms with Gasteiger partial charge in [0.25, 0.3) is 0 Å². The first-order valence-electron chi connectivity index (χ1n) is 7.37. The van der Waals surface area contributed by atoms with E-state index in [2.05, 4.69) is 6.07 Å². The van der Waals surface area contributed by atoms with Gasteiger partial charge in [0.1, 0.15) is 11.6 Å². The number of carbonyl (C=O) groups is 1. The van der Waals surface area contributed by atoms with Gasteiger partial charge in [-0.05, 0) is 34.5 Å². The zero-order chi connectivity index (χ0) is 16.8. The number of nitrogens with zero attached hydrogens (tertiary/aromatic N) is 2. The molecular formula is C18H13N3O2S. The third-order valence-corrected chi connectivity index (χ3v) is 4.92. The molecule has 4 rings (SSSR count). The Labute approximate surface area is 142 Å².